The highest BCUT2D eigenvalue weighted by Gasteiger charge is 2.65. The third-order valence-corrected chi connectivity index (χ3v) is 9.37. The molecule has 1 spiro atoms. The lowest BCUT2D eigenvalue weighted by Crippen LogP contribution is -2.56. The van der Waals surface area contributed by atoms with Crippen LogP contribution in [0.4, 0.5) is 0 Å². The number of esters is 1. The van der Waals surface area contributed by atoms with Crippen molar-refractivity contribution in [2.75, 3.05) is 0 Å². The predicted octanol–water partition coefficient (Wildman–Crippen LogP) is 4.59. The van der Waals surface area contributed by atoms with Crippen molar-refractivity contribution in [2.24, 2.45) is 28.6 Å². The first-order valence-corrected chi connectivity index (χ1v) is 10.3. The van der Waals surface area contributed by atoms with Gasteiger partial charge < -0.3 is 4.74 Å². The zero-order chi connectivity index (χ0) is 17.4. The number of carbonyl (C=O) groups is 2. The molecule has 6 unspecified atom stereocenters. The normalized spacial score (nSPS) is 51.6. The van der Waals surface area contributed by atoms with Crippen molar-refractivity contribution >= 4 is 11.8 Å². The van der Waals surface area contributed by atoms with Crippen molar-refractivity contribution in [1.29, 1.82) is 0 Å². The second kappa shape index (κ2) is 4.98. The molecule has 0 N–H and O–H groups in total. The quantitative estimate of drug-likeness (QED) is 0.605. The first kappa shape index (κ1) is 16.1. The summed E-state index contributed by atoms with van der Waals surface area (Å²) >= 11 is 0. The molecule has 0 amide bonds. The summed E-state index contributed by atoms with van der Waals surface area (Å²) in [5.41, 5.74) is 1.80. The molecule has 0 aromatic heterocycles. The van der Waals surface area contributed by atoms with E-state index in [1.54, 1.807) is 0 Å². The van der Waals surface area contributed by atoms with Crippen LogP contribution >= 0.6 is 0 Å². The minimum absolute atomic E-state index is 0.0283. The Morgan fingerprint density at radius 1 is 0.920 bits per heavy atom. The van der Waals surface area contributed by atoms with Gasteiger partial charge in [-0.05, 0) is 80.1 Å². The molecule has 0 aromatic rings. The van der Waals surface area contributed by atoms with Crippen LogP contribution in [0.15, 0.2) is 11.6 Å². The first-order chi connectivity index (χ1) is 11.9. The Balaban J connectivity index is 1.50. The van der Waals surface area contributed by atoms with Gasteiger partial charge in [0.05, 0.1) is 0 Å². The highest BCUT2D eigenvalue weighted by Crippen LogP contribution is 2.70. The minimum Gasteiger partial charge on any atom is -0.459 e. The van der Waals surface area contributed by atoms with Crippen molar-refractivity contribution in [3.8, 4) is 0 Å². The lowest BCUT2D eigenvalue weighted by Gasteiger charge is -2.62. The zero-order valence-electron chi connectivity index (χ0n) is 15.6. The van der Waals surface area contributed by atoms with E-state index in [2.05, 4.69) is 13.8 Å². The van der Waals surface area contributed by atoms with Crippen LogP contribution in [0.5, 0.6) is 0 Å². The van der Waals surface area contributed by atoms with Gasteiger partial charge in [-0.1, -0.05) is 19.4 Å². The molecule has 3 nitrogen and oxygen atoms in total. The lowest BCUT2D eigenvalue weighted by molar-refractivity contribution is -0.158. The summed E-state index contributed by atoms with van der Waals surface area (Å²) in [7, 11) is 0. The van der Waals surface area contributed by atoms with Crippen molar-refractivity contribution in [3.63, 3.8) is 0 Å². The fourth-order valence-electron chi connectivity index (χ4n) is 7.83. The maximum absolute atomic E-state index is 12.0. The highest BCUT2D eigenvalue weighted by molar-refractivity contribution is 5.91. The molecule has 0 aromatic carbocycles. The van der Waals surface area contributed by atoms with Gasteiger partial charge in [-0.15, -0.1) is 0 Å². The number of carbonyl (C=O) groups excluding carboxylic acids is 2. The Hall–Kier alpha value is -1.12. The Morgan fingerprint density at radius 3 is 2.52 bits per heavy atom. The molecule has 5 rings (SSSR count). The van der Waals surface area contributed by atoms with Gasteiger partial charge in [0.15, 0.2) is 5.78 Å². The number of hydrogen-bond acceptors (Lipinski definition) is 3. The maximum Gasteiger partial charge on any atom is 0.306 e. The number of fused-ring (bicyclic) bond motifs is 6. The average Bonchev–Trinajstić information content (AvgIpc) is 3.13. The molecule has 1 heterocycles. The fraction of sp³-hybridized carbons (Fsp3) is 0.818. The van der Waals surface area contributed by atoms with E-state index in [9.17, 15) is 9.59 Å². The van der Waals surface area contributed by atoms with Crippen molar-refractivity contribution < 1.29 is 14.3 Å². The Bertz CT molecular complexity index is 679. The summed E-state index contributed by atoms with van der Waals surface area (Å²) in [4.78, 5) is 23.8. The Kier molecular flexibility index (Phi) is 3.21. The molecule has 25 heavy (non-hydrogen) atoms. The molecule has 0 radical (unpaired) electrons. The highest BCUT2D eigenvalue weighted by atomic mass is 16.6. The van der Waals surface area contributed by atoms with Gasteiger partial charge in [0.25, 0.3) is 0 Å². The largest absolute Gasteiger partial charge is 0.459 e. The maximum atomic E-state index is 12.0. The third-order valence-electron chi connectivity index (χ3n) is 9.37. The van der Waals surface area contributed by atoms with Gasteiger partial charge in [-0.25, -0.2) is 0 Å². The monoisotopic (exact) mass is 342 g/mol. The lowest BCUT2D eigenvalue weighted by atomic mass is 9.42. The molecule has 4 aliphatic carbocycles. The van der Waals surface area contributed by atoms with E-state index in [0.29, 0.717) is 29.5 Å². The summed E-state index contributed by atoms with van der Waals surface area (Å²) in [6, 6.07) is 0. The third kappa shape index (κ3) is 1.93. The summed E-state index contributed by atoms with van der Waals surface area (Å²) in [6.45, 7) is 4.96. The molecule has 4 fully saturated rings. The van der Waals surface area contributed by atoms with E-state index in [0.717, 1.165) is 38.0 Å². The van der Waals surface area contributed by atoms with Gasteiger partial charge in [0, 0.05) is 18.8 Å². The second-order valence-electron chi connectivity index (χ2n) is 9.92. The summed E-state index contributed by atoms with van der Waals surface area (Å²) in [6.07, 6.45) is 12.4. The van der Waals surface area contributed by atoms with Crippen LogP contribution in [0.1, 0.15) is 78.1 Å². The van der Waals surface area contributed by atoms with Crippen LogP contribution in [0.3, 0.4) is 0 Å². The van der Waals surface area contributed by atoms with E-state index in [1.807, 2.05) is 6.08 Å². The molecular weight excluding hydrogens is 312 g/mol. The van der Waals surface area contributed by atoms with E-state index in [1.165, 1.54) is 31.3 Å². The van der Waals surface area contributed by atoms with E-state index in [-0.39, 0.29) is 17.0 Å². The van der Waals surface area contributed by atoms with Crippen molar-refractivity contribution in [2.45, 2.75) is 83.7 Å². The van der Waals surface area contributed by atoms with Crippen LogP contribution in [-0.4, -0.2) is 17.4 Å². The zero-order valence-corrected chi connectivity index (χ0v) is 15.6. The standard InChI is InChI=1S/C22H30O3/c1-20-9-5-15(23)13-14(20)3-4-17-16-6-11-22(12-8-19(24)25-22)18(16)7-10-21(17,20)2/h13,16-18H,3-12H2,1-2H3. The number of ketones is 1. The summed E-state index contributed by atoms with van der Waals surface area (Å²) in [5, 5.41) is 0. The molecule has 5 aliphatic rings. The molecule has 136 valence electrons. The molecule has 3 heteroatoms. The molecular formula is C22H30O3. The number of allylic oxidation sites excluding steroid dienone is 1. The molecule has 0 bridgehead atoms. The van der Waals surface area contributed by atoms with Gasteiger partial charge >= 0.3 is 5.97 Å². The van der Waals surface area contributed by atoms with E-state index in [4.69, 9.17) is 4.74 Å². The van der Waals surface area contributed by atoms with Crippen LogP contribution in [-0.2, 0) is 14.3 Å². The van der Waals surface area contributed by atoms with E-state index >= 15 is 0 Å². The molecule has 6 atom stereocenters. The van der Waals surface area contributed by atoms with Crippen molar-refractivity contribution in [3.05, 3.63) is 11.6 Å². The van der Waals surface area contributed by atoms with Crippen LogP contribution in [0.2, 0.25) is 0 Å². The summed E-state index contributed by atoms with van der Waals surface area (Å²) < 4.78 is 5.94. The van der Waals surface area contributed by atoms with Crippen LogP contribution in [0.25, 0.3) is 0 Å². The Labute approximate surface area is 150 Å². The molecule has 3 saturated carbocycles. The van der Waals surface area contributed by atoms with Crippen LogP contribution in [0, 0.1) is 28.6 Å². The topological polar surface area (TPSA) is 43.4 Å². The van der Waals surface area contributed by atoms with E-state index < -0.39 is 0 Å². The number of ether oxygens (including phenoxy) is 1. The SMILES string of the molecule is CC12CCC(=O)C=C1CCC1C3CCC4(CCC(=O)O4)C3CCC12C. The van der Waals surface area contributed by atoms with Crippen LogP contribution < -0.4 is 0 Å². The molecule has 1 saturated heterocycles. The Morgan fingerprint density at radius 2 is 1.76 bits per heavy atom. The minimum atomic E-state index is -0.122. The second-order valence-corrected chi connectivity index (χ2v) is 9.92. The smallest absolute Gasteiger partial charge is 0.306 e. The van der Waals surface area contributed by atoms with Gasteiger partial charge in [-0.2, -0.15) is 0 Å². The van der Waals surface area contributed by atoms with Gasteiger partial charge in [0.1, 0.15) is 5.60 Å². The number of rotatable bonds is 0. The number of hydrogen-bond donors (Lipinski definition) is 0. The average molecular weight is 342 g/mol. The van der Waals surface area contributed by atoms with Gasteiger partial charge in [0.2, 0.25) is 0 Å². The fourth-order valence-corrected chi connectivity index (χ4v) is 7.83. The van der Waals surface area contributed by atoms with Crippen molar-refractivity contribution in [1.82, 2.24) is 0 Å². The molecule has 1 aliphatic heterocycles. The predicted molar refractivity (Wildman–Crippen MR) is 94.8 cm³/mol. The first-order valence-electron chi connectivity index (χ1n) is 10.3. The summed E-state index contributed by atoms with van der Waals surface area (Å²) in [5.74, 6) is 2.37. The van der Waals surface area contributed by atoms with Gasteiger partial charge in [-0.3, -0.25) is 9.59 Å².